The molecule has 0 saturated heterocycles. The van der Waals surface area contributed by atoms with Crippen LogP contribution in [0.3, 0.4) is 0 Å². The maximum Gasteiger partial charge on any atom is 0.240 e. The van der Waals surface area contributed by atoms with Gasteiger partial charge in [0.05, 0.1) is 39.9 Å². The van der Waals surface area contributed by atoms with Gasteiger partial charge < -0.3 is 0 Å². The Morgan fingerprint density at radius 1 is 0.284 bits per heavy atom. The monoisotopic (exact) mass is 1160 g/mol. The molecule has 0 fully saturated rings. The summed E-state index contributed by atoms with van der Waals surface area (Å²) in [6.07, 6.45) is 0. The van der Waals surface area contributed by atoms with Gasteiger partial charge in [-0.3, -0.25) is 9.13 Å². The second-order valence-corrected chi connectivity index (χ2v) is 29.5. The van der Waals surface area contributed by atoms with E-state index in [-0.39, 0.29) is 44.0 Å². The van der Waals surface area contributed by atoms with Crippen molar-refractivity contribution in [2.75, 3.05) is 0 Å². The summed E-state index contributed by atoms with van der Waals surface area (Å²) < 4.78 is 138. The Morgan fingerprint density at radius 2 is 0.705 bits per heavy atom. The van der Waals surface area contributed by atoms with Crippen LogP contribution in [0.1, 0.15) is 17.8 Å². The molecule has 0 amide bonds. The van der Waals surface area contributed by atoms with E-state index in [9.17, 15) is 17.8 Å². The summed E-state index contributed by atoms with van der Waals surface area (Å²) >= 11 is 0. The summed E-state index contributed by atoms with van der Waals surface area (Å²) in [5.41, 5.74) is 8.18. The van der Waals surface area contributed by atoms with Gasteiger partial charge in [0.2, 0.25) is 11.9 Å². The predicted molar refractivity (Wildman–Crippen MR) is 370 cm³/mol. The zero-order chi connectivity index (χ0) is 69.2. The second kappa shape index (κ2) is 19.7. The van der Waals surface area contributed by atoms with Crippen LogP contribution in [0, 0.1) is 0 Å². The Hall–Kier alpha value is -11.1. The zero-order valence-corrected chi connectivity index (χ0v) is 48.8. The summed E-state index contributed by atoms with van der Waals surface area (Å²) in [7, 11) is -10.1. The van der Waals surface area contributed by atoms with Crippen molar-refractivity contribution in [3.63, 3.8) is 0 Å². The first-order chi connectivity index (χ1) is 49.1. The number of nitrogens with zero attached hydrogens (tertiary/aromatic N) is 5. The third kappa shape index (κ3) is 7.23. The van der Waals surface area contributed by atoms with Crippen molar-refractivity contribution in [3.05, 3.63) is 321 Å². The normalized spacial score (nSPS) is 17.7. The molecule has 13 aromatic carbocycles. The van der Waals surface area contributed by atoms with Gasteiger partial charge >= 0.3 is 0 Å². The van der Waals surface area contributed by atoms with Crippen LogP contribution in [0.5, 0.6) is 0 Å². The number of rotatable bonds is 9. The topological polar surface area (TPSA) is 48.5 Å². The lowest BCUT2D eigenvalue weighted by molar-refractivity contribution is 0.893. The largest absolute Gasteiger partial charge is 0.278 e. The Morgan fingerprint density at radius 3 is 1.25 bits per heavy atom. The molecule has 16 aromatic rings. The van der Waals surface area contributed by atoms with E-state index in [2.05, 4.69) is 0 Å². The molecule has 0 N–H and O–H groups in total. The van der Waals surface area contributed by atoms with Crippen LogP contribution in [-0.2, 0) is 0 Å². The van der Waals surface area contributed by atoms with E-state index >= 15 is 0 Å². The first-order valence-corrected chi connectivity index (χ1v) is 33.2. The van der Waals surface area contributed by atoms with Crippen LogP contribution in [0.15, 0.2) is 321 Å². The number of fused-ring (bicyclic) bond motifs is 12. The maximum absolute atomic E-state index is 12.0. The van der Waals surface area contributed by atoms with Crippen LogP contribution in [0.2, 0.25) is 0 Å². The highest BCUT2D eigenvalue weighted by Gasteiger charge is 2.53. The first-order valence-electron chi connectivity index (χ1n) is 35.7. The molecule has 2 atom stereocenters. The molecule has 3 aromatic heterocycles. The highest BCUT2D eigenvalue weighted by molar-refractivity contribution is 7.24. The standard InChI is InChI=1S/C81H53N5Si2/c1-5-26-54(27-6-1)56-48-49-68-67-38-17-23-45-74(67)88(77(68)52-56,59-32-11-4-12-33-59)61-51-57(50-60(53-61)87(58-30-9-3-10-31-58)75-46-24-18-39-69(75)78-62(40-25-47-76(78)87)55-28-7-2-8-29-55)79-82-80(85-70-41-19-13-34-63(70)64-35-14-20-42-71(64)85)84-81(83-79)86-72-43-21-15-36-65(72)66-37-16-22-44-73(66)86/h1-53H/i3D,4D,9D,10D,11D,12D,30D,31D,32D,33D,50D,51D,53D. The lowest BCUT2D eigenvalue weighted by atomic mass is 9.95. The fourth-order valence-electron chi connectivity index (χ4n) is 14.4. The van der Waals surface area contributed by atoms with Gasteiger partial charge in [0.25, 0.3) is 0 Å². The van der Waals surface area contributed by atoms with Gasteiger partial charge in [-0.05, 0) is 110 Å². The van der Waals surface area contributed by atoms with E-state index in [0.29, 0.717) is 48.6 Å². The van der Waals surface area contributed by atoms with E-state index in [1.54, 1.807) is 0 Å². The lowest BCUT2D eigenvalue weighted by Crippen LogP contribution is -2.76. The van der Waals surface area contributed by atoms with Gasteiger partial charge in [-0.25, -0.2) is 0 Å². The zero-order valence-electron chi connectivity index (χ0n) is 59.8. The van der Waals surface area contributed by atoms with E-state index in [0.717, 1.165) is 60.3 Å². The van der Waals surface area contributed by atoms with Crippen molar-refractivity contribution >= 4 is 101 Å². The van der Waals surface area contributed by atoms with Crippen molar-refractivity contribution in [1.29, 1.82) is 0 Å². The molecule has 18 rings (SSSR count). The molecule has 2 unspecified atom stereocenters. The molecule has 0 bridgehead atoms. The van der Waals surface area contributed by atoms with Gasteiger partial charge in [-0.1, -0.05) is 297 Å². The minimum Gasteiger partial charge on any atom is -0.278 e. The SMILES string of the molecule is [2H]c1c([2H])c([2H])c([Si]2(c3c([2H])c(-c4nc(-n5c6ccccc6c6ccccc65)nc(-n5c6ccccc6c6ccccc65)n4)c([2H])c([Si]4(c5c([2H])c([2H])c([2H])c([2H])c5[2H])c5ccccc5-c5c(-c6ccccc6)cccc54)c3[2H])c3ccccc3-c3ccc(-c4ccccc4)cc32)c([2H])c1[2H]. The summed E-state index contributed by atoms with van der Waals surface area (Å²) in [6.45, 7) is 0. The number of benzene rings is 13. The Labute approximate surface area is 529 Å². The molecule has 5 heterocycles. The molecule has 0 saturated carbocycles. The molecule has 88 heavy (non-hydrogen) atoms. The molecule has 2 aliphatic rings. The van der Waals surface area contributed by atoms with Crippen molar-refractivity contribution in [2.24, 2.45) is 0 Å². The molecule has 5 nitrogen and oxygen atoms in total. The van der Waals surface area contributed by atoms with Gasteiger partial charge in [0.15, 0.2) is 22.0 Å². The lowest BCUT2D eigenvalue weighted by Gasteiger charge is -2.36. The van der Waals surface area contributed by atoms with Crippen LogP contribution in [-0.4, -0.2) is 40.2 Å². The molecular weight excluding hydrogens is 1100 g/mol. The number of para-hydroxylation sites is 4. The first kappa shape index (κ1) is 38.8. The second-order valence-electron chi connectivity index (χ2n) is 22.3. The summed E-state index contributed by atoms with van der Waals surface area (Å²) in [5.74, 6) is -0.0375. The highest BCUT2D eigenvalue weighted by atomic mass is 28.3. The number of hydrogen-bond donors (Lipinski definition) is 0. The highest BCUT2D eigenvalue weighted by Crippen LogP contribution is 2.40. The minimum absolute atomic E-state index is 0.0874. The molecule has 7 heteroatoms. The van der Waals surface area contributed by atoms with Gasteiger partial charge in [0.1, 0.15) is 0 Å². The maximum atomic E-state index is 12.0. The molecule has 0 spiro atoms. The fourth-order valence-corrected chi connectivity index (χ4v) is 23.9. The predicted octanol–water partition coefficient (Wildman–Crippen LogP) is 13.8. The van der Waals surface area contributed by atoms with Crippen molar-refractivity contribution in [1.82, 2.24) is 24.1 Å². The van der Waals surface area contributed by atoms with Crippen LogP contribution < -0.4 is 41.5 Å². The van der Waals surface area contributed by atoms with Crippen LogP contribution in [0.25, 0.3) is 111 Å². The summed E-state index contributed by atoms with van der Waals surface area (Å²) in [5, 5.41) is 4.97. The summed E-state index contributed by atoms with van der Waals surface area (Å²) in [6, 6.07) is 69.9. The van der Waals surface area contributed by atoms with E-state index in [1.807, 2.05) is 252 Å². The van der Waals surface area contributed by atoms with Gasteiger partial charge in [0, 0.05) is 27.1 Å². The Bertz CT molecular complexity index is 5900. The average Bonchev–Trinajstić information content (AvgIpc) is 1.57. The average molecular weight is 1170 g/mol. The van der Waals surface area contributed by atoms with E-state index < -0.39 is 94.7 Å². The molecule has 0 radical (unpaired) electrons. The summed E-state index contributed by atoms with van der Waals surface area (Å²) in [4.78, 5) is 16.6. The molecule has 2 aliphatic heterocycles. The third-order valence-corrected chi connectivity index (χ3v) is 26.9. The van der Waals surface area contributed by atoms with Crippen LogP contribution >= 0.6 is 0 Å². The molecular formula is C81H53N5Si2. The number of aromatic nitrogens is 5. The van der Waals surface area contributed by atoms with Crippen LogP contribution in [0.4, 0.5) is 0 Å². The quantitative estimate of drug-likeness (QED) is 0.135. The minimum atomic E-state index is -5.05. The Balaban J connectivity index is 1.12. The smallest absolute Gasteiger partial charge is 0.240 e. The van der Waals surface area contributed by atoms with Crippen molar-refractivity contribution in [3.8, 4) is 67.8 Å². The fraction of sp³-hybridized carbons (Fsp3) is 0. The van der Waals surface area contributed by atoms with Gasteiger partial charge in [-0.2, -0.15) is 15.0 Å². The third-order valence-electron chi connectivity index (χ3n) is 18.0. The van der Waals surface area contributed by atoms with Gasteiger partial charge in [-0.15, -0.1) is 0 Å². The van der Waals surface area contributed by atoms with E-state index in [1.165, 1.54) is 0 Å². The molecule has 0 aliphatic carbocycles. The van der Waals surface area contributed by atoms with Crippen molar-refractivity contribution < 1.29 is 17.8 Å². The van der Waals surface area contributed by atoms with Crippen molar-refractivity contribution in [2.45, 2.75) is 0 Å². The Kier molecular flexibility index (Phi) is 8.69. The molecule has 410 valence electrons. The van der Waals surface area contributed by atoms with E-state index in [4.69, 9.17) is 15.0 Å². The number of hydrogen-bond acceptors (Lipinski definition) is 3.